The molecular formula is C22H25N3O3S. The molecule has 0 bridgehead atoms. The van der Waals surface area contributed by atoms with Crippen LogP contribution in [0, 0.1) is 6.92 Å². The molecule has 6 nitrogen and oxygen atoms in total. The first-order valence-electron chi connectivity index (χ1n) is 9.64. The molecule has 0 aliphatic rings. The van der Waals surface area contributed by atoms with Gasteiger partial charge in [-0.05, 0) is 44.5 Å². The largest absolute Gasteiger partial charge is 0.486 e. The molecule has 0 saturated heterocycles. The molecule has 152 valence electrons. The topological polar surface area (TPSA) is 66.2 Å². The van der Waals surface area contributed by atoms with Crippen molar-refractivity contribution >= 4 is 17.7 Å². The van der Waals surface area contributed by atoms with Crippen LogP contribution in [0.3, 0.4) is 0 Å². The third kappa shape index (κ3) is 5.38. The van der Waals surface area contributed by atoms with E-state index < -0.39 is 0 Å². The summed E-state index contributed by atoms with van der Waals surface area (Å²) in [4.78, 5) is 12.3. The number of rotatable bonds is 9. The molecule has 1 atom stereocenters. The second-order valence-corrected chi connectivity index (χ2v) is 7.61. The number of benzene rings is 2. The molecule has 0 spiro atoms. The maximum Gasteiger partial charge on any atom is 0.319 e. The summed E-state index contributed by atoms with van der Waals surface area (Å²) in [5.41, 5.74) is 2.09. The summed E-state index contributed by atoms with van der Waals surface area (Å²) in [5.74, 6) is 1.19. The van der Waals surface area contributed by atoms with Crippen molar-refractivity contribution in [3.05, 3.63) is 66.0 Å². The Morgan fingerprint density at radius 1 is 1.07 bits per heavy atom. The Morgan fingerprint density at radius 2 is 1.79 bits per heavy atom. The molecule has 1 aromatic heterocycles. The number of thioether (sulfide) groups is 1. The van der Waals surface area contributed by atoms with E-state index in [-0.39, 0.29) is 17.8 Å². The van der Waals surface area contributed by atoms with Gasteiger partial charge in [0.25, 0.3) is 0 Å². The zero-order chi connectivity index (χ0) is 20.6. The highest BCUT2D eigenvalue weighted by molar-refractivity contribution is 8.00. The van der Waals surface area contributed by atoms with Gasteiger partial charge in [0.2, 0.25) is 0 Å². The van der Waals surface area contributed by atoms with E-state index in [0.717, 1.165) is 17.0 Å². The number of ether oxygens (including phenoxy) is 2. The van der Waals surface area contributed by atoms with Crippen LogP contribution in [0.5, 0.6) is 5.75 Å². The van der Waals surface area contributed by atoms with Crippen LogP contribution in [0.2, 0.25) is 0 Å². The third-order valence-corrected chi connectivity index (χ3v) is 5.56. The van der Waals surface area contributed by atoms with E-state index >= 15 is 0 Å². The normalized spacial score (nSPS) is 11.8. The minimum absolute atomic E-state index is 0.236. The zero-order valence-corrected chi connectivity index (χ0v) is 17.7. The first kappa shape index (κ1) is 20.9. The van der Waals surface area contributed by atoms with Gasteiger partial charge in [-0.1, -0.05) is 54.6 Å². The number of hydrogen-bond donors (Lipinski definition) is 0. The van der Waals surface area contributed by atoms with E-state index in [1.807, 2.05) is 79.9 Å². The Hall–Kier alpha value is -2.80. The molecule has 3 aromatic rings. The maximum absolute atomic E-state index is 12.3. The van der Waals surface area contributed by atoms with E-state index in [9.17, 15) is 4.79 Å². The first-order valence-corrected chi connectivity index (χ1v) is 10.5. The number of aromatic nitrogens is 3. The van der Waals surface area contributed by atoms with Crippen LogP contribution in [0.25, 0.3) is 5.69 Å². The molecule has 0 aliphatic carbocycles. The number of hydrogen-bond acceptors (Lipinski definition) is 6. The zero-order valence-electron chi connectivity index (χ0n) is 16.9. The summed E-state index contributed by atoms with van der Waals surface area (Å²) in [6, 6.07) is 17.7. The Labute approximate surface area is 175 Å². The monoisotopic (exact) mass is 411 g/mol. The predicted octanol–water partition coefficient (Wildman–Crippen LogP) is 4.59. The van der Waals surface area contributed by atoms with Crippen LogP contribution in [0.1, 0.15) is 31.7 Å². The number of nitrogens with zero attached hydrogens (tertiary/aromatic N) is 3. The lowest BCUT2D eigenvalue weighted by atomic mass is 10.2. The van der Waals surface area contributed by atoms with Gasteiger partial charge in [0.05, 0.1) is 6.61 Å². The highest BCUT2D eigenvalue weighted by atomic mass is 32.2. The van der Waals surface area contributed by atoms with Crippen LogP contribution in [-0.2, 0) is 16.1 Å². The third-order valence-electron chi connectivity index (χ3n) is 4.27. The van der Waals surface area contributed by atoms with E-state index in [0.29, 0.717) is 24.0 Å². The Balaban J connectivity index is 1.90. The van der Waals surface area contributed by atoms with E-state index in [1.54, 1.807) is 0 Å². The summed E-state index contributed by atoms with van der Waals surface area (Å²) < 4.78 is 13.0. The fourth-order valence-corrected chi connectivity index (χ4v) is 3.74. The number of para-hydroxylation sites is 1. The van der Waals surface area contributed by atoms with Gasteiger partial charge >= 0.3 is 5.97 Å². The Kier molecular flexibility index (Phi) is 7.30. The average molecular weight is 412 g/mol. The average Bonchev–Trinajstić information content (AvgIpc) is 3.14. The fourth-order valence-electron chi connectivity index (χ4n) is 2.75. The summed E-state index contributed by atoms with van der Waals surface area (Å²) in [7, 11) is 0. The van der Waals surface area contributed by atoms with Crippen molar-refractivity contribution in [2.24, 2.45) is 0 Å². The molecule has 0 N–H and O–H groups in total. The van der Waals surface area contributed by atoms with Crippen LogP contribution < -0.4 is 4.74 Å². The second kappa shape index (κ2) is 10.1. The highest BCUT2D eigenvalue weighted by Gasteiger charge is 2.24. The molecule has 2 aromatic carbocycles. The van der Waals surface area contributed by atoms with E-state index in [2.05, 4.69) is 10.2 Å². The van der Waals surface area contributed by atoms with Crippen LogP contribution >= 0.6 is 11.8 Å². The predicted molar refractivity (Wildman–Crippen MR) is 113 cm³/mol. The fraction of sp³-hybridized carbons (Fsp3) is 0.318. The van der Waals surface area contributed by atoms with Crippen LogP contribution in [0.4, 0.5) is 0 Å². The minimum atomic E-state index is -0.341. The quantitative estimate of drug-likeness (QED) is 0.379. The van der Waals surface area contributed by atoms with Gasteiger partial charge in [0.1, 0.15) is 17.6 Å². The molecule has 1 unspecified atom stereocenters. The van der Waals surface area contributed by atoms with Crippen molar-refractivity contribution in [2.45, 2.75) is 44.2 Å². The van der Waals surface area contributed by atoms with Crippen molar-refractivity contribution < 1.29 is 14.3 Å². The SMILES string of the molecule is CCOC(=O)C(CC)Sc1nnc(COc2ccccc2)n1-c1ccc(C)cc1. The molecule has 7 heteroatoms. The molecule has 29 heavy (non-hydrogen) atoms. The number of esters is 1. The molecule has 1 heterocycles. The number of aryl methyl sites for hydroxylation is 1. The van der Waals surface area contributed by atoms with Gasteiger partial charge < -0.3 is 9.47 Å². The van der Waals surface area contributed by atoms with Crippen LogP contribution in [-0.4, -0.2) is 32.6 Å². The molecule has 3 rings (SSSR count). The lowest BCUT2D eigenvalue weighted by Crippen LogP contribution is -2.20. The smallest absolute Gasteiger partial charge is 0.319 e. The van der Waals surface area contributed by atoms with Crippen molar-refractivity contribution in [1.29, 1.82) is 0 Å². The van der Waals surface area contributed by atoms with Gasteiger partial charge in [-0.15, -0.1) is 10.2 Å². The number of carbonyl (C=O) groups excluding carboxylic acids is 1. The lowest BCUT2D eigenvalue weighted by Gasteiger charge is -2.15. The van der Waals surface area contributed by atoms with Crippen molar-refractivity contribution in [3.63, 3.8) is 0 Å². The van der Waals surface area contributed by atoms with Crippen molar-refractivity contribution in [2.75, 3.05) is 6.61 Å². The lowest BCUT2D eigenvalue weighted by molar-refractivity contribution is -0.142. The minimum Gasteiger partial charge on any atom is -0.486 e. The van der Waals surface area contributed by atoms with Gasteiger partial charge in [0, 0.05) is 5.69 Å². The van der Waals surface area contributed by atoms with Gasteiger partial charge in [0.15, 0.2) is 11.0 Å². The summed E-state index contributed by atoms with van der Waals surface area (Å²) in [6.45, 7) is 6.43. The Morgan fingerprint density at radius 3 is 2.45 bits per heavy atom. The molecule has 0 fully saturated rings. The Bertz CT molecular complexity index is 926. The summed E-state index contributed by atoms with van der Waals surface area (Å²) >= 11 is 1.36. The second-order valence-electron chi connectivity index (χ2n) is 6.44. The standard InChI is InChI=1S/C22H25N3O3S/c1-4-19(21(26)27-5-2)29-22-24-23-20(15-28-18-9-7-6-8-10-18)25(22)17-13-11-16(3)12-14-17/h6-14,19H,4-5,15H2,1-3H3. The number of carbonyl (C=O) groups is 1. The molecule has 0 aliphatic heterocycles. The maximum atomic E-state index is 12.3. The first-order chi connectivity index (χ1) is 14.1. The van der Waals surface area contributed by atoms with E-state index in [4.69, 9.17) is 9.47 Å². The molecule has 0 saturated carbocycles. The van der Waals surface area contributed by atoms with Gasteiger partial charge in [-0.3, -0.25) is 9.36 Å². The molecule has 0 radical (unpaired) electrons. The van der Waals surface area contributed by atoms with Crippen molar-refractivity contribution in [3.8, 4) is 11.4 Å². The summed E-state index contributed by atoms with van der Waals surface area (Å²) in [5, 5.41) is 8.98. The molecule has 0 amide bonds. The van der Waals surface area contributed by atoms with Crippen LogP contribution in [0.15, 0.2) is 59.8 Å². The van der Waals surface area contributed by atoms with Gasteiger partial charge in [-0.2, -0.15) is 0 Å². The summed E-state index contributed by atoms with van der Waals surface area (Å²) in [6.07, 6.45) is 0.639. The van der Waals surface area contributed by atoms with Crippen molar-refractivity contribution in [1.82, 2.24) is 14.8 Å². The molecular weight excluding hydrogens is 386 g/mol. The van der Waals surface area contributed by atoms with E-state index in [1.165, 1.54) is 11.8 Å². The highest BCUT2D eigenvalue weighted by Crippen LogP contribution is 2.28. The van der Waals surface area contributed by atoms with Gasteiger partial charge in [-0.25, -0.2) is 0 Å².